The third kappa shape index (κ3) is 5.65. The van der Waals surface area contributed by atoms with Crippen molar-refractivity contribution < 1.29 is 14.5 Å². The van der Waals surface area contributed by atoms with Crippen LogP contribution in [-0.2, 0) is 4.79 Å². The number of nitrogens with one attached hydrogen (secondary N) is 1. The van der Waals surface area contributed by atoms with Gasteiger partial charge in [0.2, 0.25) is 5.91 Å². The van der Waals surface area contributed by atoms with Crippen molar-refractivity contribution >= 4 is 29.9 Å². The van der Waals surface area contributed by atoms with Gasteiger partial charge < -0.3 is 16.0 Å². The molecule has 0 spiro atoms. The maximum Gasteiger partial charge on any atom is 0.272 e. The van der Waals surface area contributed by atoms with Crippen molar-refractivity contribution in [3.8, 4) is 0 Å². The van der Waals surface area contributed by atoms with Gasteiger partial charge in [0.25, 0.3) is 11.6 Å². The fourth-order valence-corrected chi connectivity index (χ4v) is 3.44. The summed E-state index contributed by atoms with van der Waals surface area (Å²) in [4.78, 5) is 37.6. The van der Waals surface area contributed by atoms with Crippen LogP contribution in [0.4, 0.5) is 5.69 Å². The predicted octanol–water partition coefficient (Wildman–Crippen LogP) is 2.56. The second-order valence-corrected chi connectivity index (χ2v) is 7.00. The van der Waals surface area contributed by atoms with Crippen molar-refractivity contribution in [1.29, 1.82) is 0 Å². The van der Waals surface area contributed by atoms with Crippen LogP contribution < -0.4 is 11.1 Å². The first kappa shape index (κ1) is 23.8. The normalized spacial score (nSPS) is 17.0. The zero-order valence-corrected chi connectivity index (χ0v) is 17.2. The van der Waals surface area contributed by atoms with Gasteiger partial charge in [-0.15, -0.1) is 12.4 Å². The molecule has 0 bridgehead atoms. The van der Waals surface area contributed by atoms with Crippen LogP contribution in [0, 0.1) is 17.0 Å². The van der Waals surface area contributed by atoms with Crippen LogP contribution in [0.3, 0.4) is 0 Å². The SMILES string of the molecule is CCCCC(CN)NC(=O)C1CCCN1C(=O)c1ccc([N+](=O)[O-])c(C)c1.Cl. The number of likely N-dealkylation sites (tertiary alicyclic amines) is 1. The van der Waals surface area contributed by atoms with Crippen LogP contribution in [0.5, 0.6) is 0 Å². The summed E-state index contributed by atoms with van der Waals surface area (Å²) in [7, 11) is 0. The second kappa shape index (κ2) is 11.0. The van der Waals surface area contributed by atoms with E-state index in [9.17, 15) is 19.7 Å². The summed E-state index contributed by atoms with van der Waals surface area (Å²) in [6.07, 6.45) is 4.19. The van der Waals surface area contributed by atoms with E-state index in [1.54, 1.807) is 11.8 Å². The molecule has 0 aromatic heterocycles. The largest absolute Gasteiger partial charge is 0.350 e. The Bertz CT molecular complexity index is 713. The number of halogens is 1. The van der Waals surface area contributed by atoms with Crippen molar-refractivity contribution in [2.75, 3.05) is 13.1 Å². The number of hydrogen-bond acceptors (Lipinski definition) is 5. The molecule has 1 aliphatic heterocycles. The average Bonchev–Trinajstić information content (AvgIpc) is 3.13. The molecule has 1 fully saturated rings. The van der Waals surface area contributed by atoms with Gasteiger partial charge in [-0.05, 0) is 38.3 Å². The van der Waals surface area contributed by atoms with Gasteiger partial charge in [-0.2, -0.15) is 0 Å². The number of hydrogen-bond donors (Lipinski definition) is 2. The lowest BCUT2D eigenvalue weighted by atomic mass is 10.1. The highest BCUT2D eigenvalue weighted by Gasteiger charge is 2.35. The summed E-state index contributed by atoms with van der Waals surface area (Å²) in [5.74, 6) is -0.449. The van der Waals surface area contributed by atoms with Gasteiger partial charge in [-0.25, -0.2) is 0 Å². The third-order valence-electron chi connectivity index (χ3n) is 4.99. The molecule has 2 amide bonds. The molecule has 28 heavy (non-hydrogen) atoms. The molecule has 1 saturated heterocycles. The molecule has 2 unspecified atom stereocenters. The van der Waals surface area contributed by atoms with Gasteiger partial charge in [0.1, 0.15) is 6.04 Å². The fourth-order valence-electron chi connectivity index (χ4n) is 3.44. The lowest BCUT2D eigenvalue weighted by Gasteiger charge is -2.26. The molecule has 156 valence electrons. The van der Waals surface area contributed by atoms with Gasteiger partial charge in [-0.1, -0.05) is 19.8 Å². The Hall–Kier alpha value is -2.19. The molecule has 2 rings (SSSR count). The van der Waals surface area contributed by atoms with E-state index in [0.717, 1.165) is 25.7 Å². The average molecular weight is 413 g/mol. The zero-order chi connectivity index (χ0) is 20.0. The highest BCUT2D eigenvalue weighted by molar-refractivity contribution is 5.98. The van der Waals surface area contributed by atoms with Gasteiger partial charge in [0, 0.05) is 36.3 Å². The van der Waals surface area contributed by atoms with Crippen molar-refractivity contribution in [3.05, 3.63) is 39.4 Å². The summed E-state index contributed by atoms with van der Waals surface area (Å²) in [6, 6.07) is 3.69. The molecule has 9 heteroatoms. The predicted molar refractivity (Wildman–Crippen MR) is 110 cm³/mol. The molecule has 3 N–H and O–H groups in total. The van der Waals surface area contributed by atoms with Crippen molar-refractivity contribution in [2.24, 2.45) is 5.73 Å². The molecule has 1 aromatic rings. The van der Waals surface area contributed by atoms with Crippen LogP contribution in [0.2, 0.25) is 0 Å². The van der Waals surface area contributed by atoms with Gasteiger partial charge in [-0.3, -0.25) is 19.7 Å². The van der Waals surface area contributed by atoms with Gasteiger partial charge in [0.15, 0.2) is 0 Å². The molecule has 0 saturated carbocycles. The number of nitro groups is 1. The standard InChI is InChI=1S/C19H28N4O4.ClH/c1-3-4-6-15(12-20)21-18(24)17-7-5-10-22(17)19(25)14-8-9-16(23(26)27)13(2)11-14;/h8-9,11,15,17H,3-7,10,12,20H2,1-2H3,(H,21,24);1H. The van der Waals surface area contributed by atoms with E-state index in [1.165, 1.54) is 18.2 Å². The first-order valence-electron chi connectivity index (χ1n) is 9.45. The summed E-state index contributed by atoms with van der Waals surface area (Å²) in [5.41, 5.74) is 6.51. The smallest absolute Gasteiger partial charge is 0.272 e. The van der Waals surface area contributed by atoms with Crippen LogP contribution in [0.1, 0.15) is 54.9 Å². The van der Waals surface area contributed by atoms with Crippen molar-refractivity contribution in [2.45, 2.75) is 58.0 Å². The molecule has 2 atom stereocenters. The number of aryl methyl sites for hydroxylation is 1. The van der Waals surface area contributed by atoms with E-state index in [2.05, 4.69) is 12.2 Å². The molecular formula is C19H29ClN4O4. The van der Waals surface area contributed by atoms with Crippen molar-refractivity contribution in [3.63, 3.8) is 0 Å². The molecule has 0 aliphatic carbocycles. The number of rotatable bonds is 8. The number of benzene rings is 1. The molecule has 1 aliphatic rings. The third-order valence-corrected chi connectivity index (χ3v) is 4.99. The maximum atomic E-state index is 12.9. The number of unbranched alkanes of at least 4 members (excludes halogenated alkanes) is 1. The monoisotopic (exact) mass is 412 g/mol. The fraction of sp³-hybridized carbons (Fsp3) is 0.579. The first-order valence-corrected chi connectivity index (χ1v) is 9.45. The van der Waals surface area contributed by atoms with E-state index in [0.29, 0.717) is 30.6 Å². The second-order valence-electron chi connectivity index (χ2n) is 7.00. The molecule has 1 aromatic carbocycles. The Morgan fingerprint density at radius 3 is 2.71 bits per heavy atom. The minimum absolute atomic E-state index is 0. The molecule has 8 nitrogen and oxygen atoms in total. The van der Waals surface area contributed by atoms with Gasteiger partial charge in [0.05, 0.1) is 4.92 Å². The van der Waals surface area contributed by atoms with E-state index in [4.69, 9.17) is 5.73 Å². The summed E-state index contributed by atoms with van der Waals surface area (Å²) >= 11 is 0. The molecule has 1 heterocycles. The number of amides is 2. The lowest BCUT2D eigenvalue weighted by molar-refractivity contribution is -0.385. The van der Waals surface area contributed by atoms with E-state index in [-0.39, 0.29) is 36.0 Å². The Morgan fingerprint density at radius 1 is 1.43 bits per heavy atom. The maximum absolute atomic E-state index is 12.9. The summed E-state index contributed by atoms with van der Waals surface area (Å²) in [5, 5.41) is 13.9. The highest BCUT2D eigenvalue weighted by atomic mass is 35.5. The van der Waals surface area contributed by atoms with Crippen LogP contribution >= 0.6 is 12.4 Å². The Labute approximate surface area is 171 Å². The topological polar surface area (TPSA) is 119 Å². The van der Waals surface area contributed by atoms with E-state index in [1.807, 2.05) is 0 Å². The van der Waals surface area contributed by atoms with Gasteiger partial charge >= 0.3 is 0 Å². The first-order chi connectivity index (χ1) is 12.9. The number of nitrogens with two attached hydrogens (primary N) is 1. The van der Waals surface area contributed by atoms with Crippen molar-refractivity contribution in [1.82, 2.24) is 10.2 Å². The van der Waals surface area contributed by atoms with Crippen LogP contribution in [0.25, 0.3) is 0 Å². The van der Waals surface area contributed by atoms with E-state index < -0.39 is 11.0 Å². The Morgan fingerprint density at radius 2 is 2.14 bits per heavy atom. The van der Waals surface area contributed by atoms with Crippen LogP contribution in [-0.4, -0.2) is 46.8 Å². The summed E-state index contributed by atoms with van der Waals surface area (Å²) < 4.78 is 0. The quantitative estimate of drug-likeness (QED) is 0.502. The Kier molecular flexibility index (Phi) is 9.34. The minimum Gasteiger partial charge on any atom is -0.350 e. The highest BCUT2D eigenvalue weighted by Crippen LogP contribution is 2.24. The Balaban J connectivity index is 0.00000392. The number of nitro benzene ring substituents is 1. The summed E-state index contributed by atoms with van der Waals surface area (Å²) in [6.45, 7) is 4.55. The lowest BCUT2D eigenvalue weighted by Crippen LogP contribution is -2.50. The number of nitrogens with zero attached hydrogens (tertiary/aromatic N) is 2. The number of carbonyl (C=O) groups excluding carboxylic acids is 2. The minimum atomic E-state index is -0.524. The molecule has 0 radical (unpaired) electrons. The van der Waals surface area contributed by atoms with Crippen LogP contribution in [0.15, 0.2) is 18.2 Å². The zero-order valence-electron chi connectivity index (χ0n) is 16.3. The molecular weight excluding hydrogens is 384 g/mol. The number of carbonyl (C=O) groups is 2. The van der Waals surface area contributed by atoms with E-state index >= 15 is 0 Å².